The van der Waals surface area contributed by atoms with Gasteiger partial charge >= 0.3 is 6.09 Å². The van der Waals surface area contributed by atoms with E-state index in [2.05, 4.69) is 10.3 Å². The molecule has 0 spiro atoms. The summed E-state index contributed by atoms with van der Waals surface area (Å²) < 4.78 is 4.94. The zero-order chi connectivity index (χ0) is 15.8. The van der Waals surface area contributed by atoms with Crippen molar-refractivity contribution in [2.75, 3.05) is 6.61 Å². The number of nitrogens with zero attached hydrogens (tertiary/aromatic N) is 1. The molecule has 2 saturated carbocycles. The van der Waals surface area contributed by atoms with Crippen LogP contribution in [0.25, 0.3) is 0 Å². The molecule has 5 heteroatoms. The van der Waals surface area contributed by atoms with Gasteiger partial charge in [0.2, 0.25) is 6.08 Å². The van der Waals surface area contributed by atoms with Gasteiger partial charge in [0.1, 0.15) is 0 Å². The topological polar surface area (TPSA) is 67.8 Å². The number of ether oxygens (including phenoxy) is 1. The highest BCUT2D eigenvalue weighted by Crippen LogP contribution is 2.35. The summed E-state index contributed by atoms with van der Waals surface area (Å²) in [6.07, 6.45) is 11.7. The summed E-state index contributed by atoms with van der Waals surface area (Å²) in [6, 6.07) is 0.506. The Hall–Kier alpha value is -1.35. The SMILES string of the molecule is CCOC(=O)NC1CCC(CC2CCC(N=C=O)CC2)CC1. The Morgan fingerprint density at radius 1 is 1.09 bits per heavy atom. The van der Waals surface area contributed by atoms with E-state index in [9.17, 15) is 9.59 Å². The van der Waals surface area contributed by atoms with Crippen LogP contribution in [0.2, 0.25) is 0 Å². The number of isocyanates is 1. The molecule has 0 bridgehead atoms. The number of hydrogen-bond acceptors (Lipinski definition) is 4. The van der Waals surface area contributed by atoms with Crippen molar-refractivity contribution in [2.24, 2.45) is 16.8 Å². The molecule has 0 unspecified atom stereocenters. The molecule has 2 aliphatic carbocycles. The van der Waals surface area contributed by atoms with E-state index in [4.69, 9.17) is 4.74 Å². The minimum Gasteiger partial charge on any atom is -0.450 e. The van der Waals surface area contributed by atoms with Gasteiger partial charge in [-0.05, 0) is 76.5 Å². The second-order valence-corrected chi connectivity index (χ2v) is 6.71. The van der Waals surface area contributed by atoms with Crippen LogP contribution in [0.15, 0.2) is 4.99 Å². The number of rotatable bonds is 5. The van der Waals surface area contributed by atoms with Crippen molar-refractivity contribution < 1.29 is 14.3 Å². The molecular weight excluding hydrogens is 280 g/mol. The highest BCUT2D eigenvalue weighted by molar-refractivity contribution is 5.67. The molecule has 0 aliphatic heterocycles. The van der Waals surface area contributed by atoms with Crippen molar-refractivity contribution in [1.82, 2.24) is 5.32 Å². The standard InChI is InChI=1S/C17H28N2O3/c1-2-22-17(21)19-16-9-5-14(6-10-16)11-13-3-7-15(8-4-13)18-12-20/h13-16H,2-11H2,1H3,(H,19,21). The van der Waals surface area contributed by atoms with Crippen LogP contribution in [0.1, 0.15) is 64.7 Å². The molecule has 2 aliphatic rings. The van der Waals surface area contributed by atoms with E-state index in [1.165, 1.54) is 32.1 Å². The third-order valence-electron chi connectivity index (χ3n) is 5.16. The molecular formula is C17H28N2O3. The van der Waals surface area contributed by atoms with E-state index in [0.29, 0.717) is 6.61 Å². The van der Waals surface area contributed by atoms with Gasteiger partial charge in [0.05, 0.1) is 12.6 Å². The molecule has 22 heavy (non-hydrogen) atoms. The molecule has 1 N–H and O–H groups in total. The Labute approximate surface area is 132 Å². The first kappa shape index (κ1) is 17.0. The minimum atomic E-state index is -0.278. The molecule has 0 heterocycles. The molecule has 0 radical (unpaired) electrons. The van der Waals surface area contributed by atoms with E-state index in [-0.39, 0.29) is 18.2 Å². The van der Waals surface area contributed by atoms with Gasteiger partial charge in [0.25, 0.3) is 0 Å². The van der Waals surface area contributed by atoms with Crippen molar-refractivity contribution >= 4 is 12.2 Å². The van der Waals surface area contributed by atoms with Crippen LogP contribution in [0.4, 0.5) is 4.79 Å². The van der Waals surface area contributed by atoms with Crippen LogP contribution in [0, 0.1) is 11.8 Å². The number of hydrogen-bond donors (Lipinski definition) is 1. The Bertz CT molecular complexity index is 391. The Morgan fingerprint density at radius 2 is 1.68 bits per heavy atom. The monoisotopic (exact) mass is 308 g/mol. The van der Waals surface area contributed by atoms with Crippen LogP contribution in [0.5, 0.6) is 0 Å². The minimum absolute atomic E-state index is 0.221. The first-order chi connectivity index (χ1) is 10.7. The van der Waals surface area contributed by atoms with Gasteiger partial charge in [0, 0.05) is 6.04 Å². The normalized spacial score (nSPS) is 31.9. The predicted molar refractivity (Wildman–Crippen MR) is 84.4 cm³/mol. The molecule has 0 aromatic heterocycles. The Morgan fingerprint density at radius 3 is 2.23 bits per heavy atom. The maximum absolute atomic E-state index is 11.4. The number of nitrogens with one attached hydrogen (secondary N) is 1. The van der Waals surface area contributed by atoms with Gasteiger partial charge in [-0.15, -0.1) is 0 Å². The van der Waals surface area contributed by atoms with Crippen LogP contribution in [0.3, 0.4) is 0 Å². The molecule has 5 nitrogen and oxygen atoms in total. The van der Waals surface area contributed by atoms with Crippen molar-refractivity contribution in [3.8, 4) is 0 Å². The molecule has 1 amide bonds. The quantitative estimate of drug-likeness (QED) is 0.623. The van der Waals surface area contributed by atoms with Crippen molar-refractivity contribution in [1.29, 1.82) is 0 Å². The molecule has 0 atom stereocenters. The van der Waals surface area contributed by atoms with E-state index in [1.54, 1.807) is 6.08 Å². The first-order valence-corrected chi connectivity index (χ1v) is 8.71. The van der Waals surface area contributed by atoms with Gasteiger partial charge in [-0.2, -0.15) is 0 Å². The maximum atomic E-state index is 11.4. The summed E-state index contributed by atoms with van der Waals surface area (Å²) in [6.45, 7) is 2.25. The molecule has 0 aromatic rings. The van der Waals surface area contributed by atoms with Crippen LogP contribution in [-0.4, -0.2) is 30.9 Å². The second kappa shape index (κ2) is 8.94. The largest absolute Gasteiger partial charge is 0.450 e. The van der Waals surface area contributed by atoms with Crippen molar-refractivity contribution in [3.05, 3.63) is 0 Å². The fourth-order valence-electron chi connectivity index (χ4n) is 3.94. The average Bonchev–Trinajstić information content (AvgIpc) is 2.52. The lowest BCUT2D eigenvalue weighted by Gasteiger charge is -2.33. The second-order valence-electron chi connectivity index (χ2n) is 6.71. The summed E-state index contributed by atoms with van der Waals surface area (Å²) in [5.74, 6) is 1.58. The van der Waals surface area contributed by atoms with Crippen molar-refractivity contribution in [2.45, 2.75) is 76.8 Å². The number of alkyl carbamates (subject to hydrolysis) is 1. The van der Waals surface area contributed by atoms with E-state index < -0.39 is 0 Å². The molecule has 124 valence electrons. The van der Waals surface area contributed by atoms with Crippen molar-refractivity contribution in [3.63, 3.8) is 0 Å². The average molecular weight is 308 g/mol. The highest BCUT2D eigenvalue weighted by Gasteiger charge is 2.27. The molecule has 2 rings (SSSR count). The fraction of sp³-hybridized carbons (Fsp3) is 0.882. The summed E-state index contributed by atoms with van der Waals surface area (Å²) in [7, 11) is 0. The zero-order valence-electron chi connectivity index (χ0n) is 13.6. The van der Waals surface area contributed by atoms with Gasteiger partial charge in [0.15, 0.2) is 0 Å². The third-order valence-corrected chi connectivity index (χ3v) is 5.16. The van der Waals surface area contributed by atoms with Gasteiger partial charge < -0.3 is 10.1 Å². The lowest BCUT2D eigenvalue weighted by Crippen LogP contribution is -2.38. The van der Waals surface area contributed by atoms with Gasteiger partial charge in [-0.1, -0.05) is 0 Å². The van der Waals surface area contributed by atoms with E-state index >= 15 is 0 Å². The molecule has 0 aromatic carbocycles. The Balaban J connectivity index is 1.63. The Kier molecular flexibility index (Phi) is 6.91. The fourth-order valence-corrected chi connectivity index (χ4v) is 3.94. The van der Waals surface area contributed by atoms with Crippen LogP contribution < -0.4 is 5.32 Å². The number of carbonyl (C=O) groups excluding carboxylic acids is 2. The lowest BCUT2D eigenvalue weighted by molar-refractivity contribution is 0.141. The van der Waals surface area contributed by atoms with Crippen LogP contribution >= 0.6 is 0 Å². The summed E-state index contributed by atoms with van der Waals surface area (Å²) in [5.41, 5.74) is 0. The molecule has 2 fully saturated rings. The predicted octanol–water partition coefficient (Wildman–Crippen LogP) is 3.58. The van der Waals surface area contributed by atoms with E-state index in [0.717, 1.165) is 37.5 Å². The van der Waals surface area contributed by atoms with Crippen LogP contribution in [-0.2, 0) is 9.53 Å². The van der Waals surface area contributed by atoms with E-state index in [1.807, 2.05) is 6.92 Å². The number of amides is 1. The smallest absolute Gasteiger partial charge is 0.407 e. The summed E-state index contributed by atoms with van der Waals surface area (Å²) in [4.78, 5) is 25.6. The van der Waals surface area contributed by atoms with Gasteiger partial charge in [-0.25, -0.2) is 14.6 Å². The third kappa shape index (κ3) is 5.45. The zero-order valence-corrected chi connectivity index (χ0v) is 13.6. The first-order valence-electron chi connectivity index (χ1n) is 8.71. The molecule has 0 saturated heterocycles. The van der Waals surface area contributed by atoms with Gasteiger partial charge in [-0.3, -0.25) is 0 Å². The number of aliphatic imine (C=N–C) groups is 1. The highest BCUT2D eigenvalue weighted by atomic mass is 16.5. The summed E-state index contributed by atoms with van der Waals surface area (Å²) in [5, 5.41) is 2.95. The maximum Gasteiger partial charge on any atom is 0.407 e. The lowest BCUT2D eigenvalue weighted by atomic mass is 9.76. The summed E-state index contributed by atoms with van der Waals surface area (Å²) >= 11 is 0. The number of carbonyl (C=O) groups is 1.